The van der Waals surface area contributed by atoms with Crippen LogP contribution in [-0.2, 0) is 4.74 Å². The van der Waals surface area contributed by atoms with E-state index in [1.807, 2.05) is 0 Å². The first-order chi connectivity index (χ1) is 9.58. The normalized spacial score (nSPS) is 15.6. The first-order valence-corrected chi connectivity index (χ1v) is 6.24. The van der Waals surface area contributed by atoms with Crippen molar-refractivity contribution in [2.45, 2.75) is 6.42 Å². The summed E-state index contributed by atoms with van der Waals surface area (Å²) in [5, 5.41) is 11.5. The zero-order valence-corrected chi connectivity index (χ0v) is 10.8. The van der Waals surface area contributed by atoms with Gasteiger partial charge in [-0.15, -0.1) is 0 Å². The van der Waals surface area contributed by atoms with Crippen molar-refractivity contribution in [3.05, 3.63) is 29.6 Å². The summed E-state index contributed by atoms with van der Waals surface area (Å²) in [6.45, 7) is 2.02. The molecular formula is C13H15FN2O4. The minimum absolute atomic E-state index is 0.0778. The molecule has 0 spiro atoms. The summed E-state index contributed by atoms with van der Waals surface area (Å²) >= 11 is 0. The molecule has 1 heterocycles. The van der Waals surface area contributed by atoms with Crippen LogP contribution in [0.15, 0.2) is 18.2 Å². The van der Waals surface area contributed by atoms with Crippen LogP contribution in [0, 0.1) is 5.82 Å². The highest BCUT2D eigenvalue weighted by atomic mass is 19.1. The van der Waals surface area contributed by atoms with Gasteiger partial charge in [0.15, 0.2) is 0 Å². The summed E-state index contributed by atoms with van der Waals surface area (Å²) in [7, 11) is 0. The average molecular weight is 282 g/mol. The summed E-state index contributed by atoms with van der Waals surface area (Å²) in [4.78, 5) is 24.6. The molecule has 0 unspecified atom stereocenters. The number of carboxylic acids is 1. The third-order valence-electron chi connectivity index (χ3n) is 2.96. The molecule has 1 saturated heterocycles. The molecule has 0 aliphatic carbocycles. The number of hydrogen-bond acceptors (Lipinski definition) is 3. The molecule has 1 fully saturated rings. The van der Waals surface area contributed by atoms with Crippen molar-refractivity contribution in [2.24, 2.45) is 0 Å². The van der Waals surface area contributed by atoms with Crippen LogP contribution >= 0.6 is 0 Å². The Bertz CT molecular complexity index is 513. The number of carboxylic acid groups (broad SMARTS) is 1. The average Bonchev–Trinajstić information content (AvgIpc) is 2.69. The summed E-state index contributed by atoms with van der Waals surface area (Å²) in [6.07, 6.45) is 0.725. The number of halogens is 1. The van der Waals surface area contributed by atoms with E-state index < -0.39 is 17.8 Å². The minimum atomic E-state index is -1.29. The van der Waals surface area contributed by atoms with Gasteiger partial charge >= 0.3 is 12.0 Å². The molecule has 0 bridgehead atoms. The zero-order valence-electron chi connectivity index (χ0n) is 10.8. The third-order valence-corrected chi connectivity index (χ3v) is 2.96. The van der Waals surface area contributed by atoms with Gasteiger partial charge in [-0.1, -0.05) is 0 Å². The van der Waals surface area contributed by atoms with Crippen molar-refractivity contribution in [1.82, 2.24) is 4.90 Å². The number of urea groups is 1. The molecule has 1 aliphatic rings. The quantitative estimate of drug-likeness (QED) is 0.866. The largest absolute Gasteiger partial charge is 0.478 e. The van der Waals surface area contributed by atoms with Crippen molar-refractivity contribution in [3.63, 3.8) is 0 Å². The van der Waals surface area contributed by atoms with Crippen LogP contribution < -0.4 is 5.32 Å². The molecular weight excluding hydrogens is 267 g/mol. The van der Waals surface area contributed by atoms with E-state index in [1.165, 1.54) is 6.07 Å². The van der Waals surface area contributed by atoms with Gasteiger partial charge in [-0.05, 0) is 24.6 Å². The van der Waals surface area contributed by atoms with Crippen LogP contribution in [0.1, 0.15) is 16.8 Å². The maximum Gasteiger partial charge on any atom is 0.337 e. The second kappa shape index (κ2) is 6.33. The fourth-order valence-corrected chi connectivity index (χ4v) is 1.95. The lowest BCUT2D eigenvalue weighted by Crippen LogP contribution is -2.37. The molecule has 2 N–H and O–H groups in total. The van der Waals surface area contributed by atoms with E-state index in [4.69, 9.17) is 9.84 Å². The molecule has 0 atom stereocenters. The predicted molar refractivity (Wildman–Crippen MR) is 69.4 cm³/mol. The van der Waals surface area contributed by atoms with Gasteiger partial charge in [0.05, 0.1) is 17.9 Å². The Labute approximate surface area is 115 Å². The highest BCUT2D eigenvalue weighted by Gasteiger charge is 2.19. The second-order valence-electron chi connectivity index (χ2n) is 4.38. The number of benzene rings is 1. The lowest BCUT2D eigenvalue weighted by molar-refractivity contribution is 0.0697. The van der Waals surface area contributed by atoms with E-state index in [0.29, 0.717) is 26.3 Å². The fourth-order valence-electron chi connectivity index (χ4n) is 1.95. The van der Waals surface area contributed by atoms with Gasteiger partial charge in [0.25, 0.3) is 0 Å². The molecule has 2 rings (SSSR count). The Morgan fingerprint density at radius 3 is 2.85 bits per heavy atom. The molecule has 1 aliphatic heterocycles. The molecule has 108 valence electrons. The third kappa shape index (κ3) is 3.45. The second-order valence-corrected chi connectivity index (χ2v) is 4.38. The predicted octanol–water partition coefficient (Wildman–Crippen LogP) is 1.78. The minimum Gasteiger partial charge on any atom is -0.478 e. The van der Waals surface area contributed by atoms with Crippen molar-refractivity contribution in [1.29, 1.82) is 0 Å². The number of hydrogen-bond donors (Lipinski definition) is 2. The topological polar surface area (TPSA) is 78.9 Å². The van der Waals surface area contributed by atoms with Crippen LogP contribution in [0.4, 0.5) is 14.9 Å². The Hall–Kier alpha value is -2.15. The van der Waals surface area contributed by atoms with Crippen LogP contribution in [0.2, 0.25) is 0 Å². The van der Waals surface area contributed by atoms with Gasteiger partial charge in [0.1, 0.15) is 5.82 Å². The highest BCUT2D eigenvalue weighted by Crippen LogP contribution is 2.18. The number of anilines is 1. The zero-order chi connectivity index (χ0) is 14.5. The summed E-state index contributed by atoms with van der Waals surface area (Å²) in [6, 6.07) is 2.81. The van der Waals surface area contributed by atoms with Crippen molar-refractivity contribution < 1.29 is 23.8 Å². The fraction of sp³-hybridized carbons (Fsp3) is 0.385. The maximum absolute atomic E-state index is 13.1. The first-order valence-electron chi connectivity index (χ1n) is 6.24. The van der Waals surface area contributed by atoms with Gasteiger partial charge in [-0.2, -0.15) is 0 Å². The smallest absolute Gasteiger partial charge is 0.337 e. The number of carbonyl (C=O) groups excluding carboxylic acids is 1. The van der Waals surface area contributed by atoms with E-state index in [0.717, 1.165) is 18.6 Å². The number of ether oxygens (including phenoxy) is 1. The SMILES string of the molecule is O=C(O)c1cc(F)ccc1NC(=O)N1CCCOCC1. The summed E-state index contributed by atoms with van der Waals surface area (Å²) < 4.78 is 18.3. The Morgan fingerprint density at radius 2 is 2.10 bits per heavy atom. The van der Waals surface area contributed by atoms with Crippen LogP contribution in [0.5, 0.6) is 0 Å². The Balaban J connectivity index is 2.12. The van der Waals surface area contributed by atoms with E-state index >= 15 is 0 Å². The number of aromatic carboxylic acids is 1. The van der Waals surface area contributed by atoms with Crippen LogP contribution in [0.3, 0.4) is 0 Å². The van der Waals surface area contributed by atoms with Crippen molar-refractivity contribution in [3.8, 4) is 0 Å². The molecule has 20 heavy (non-hydrogen) atoms. The number of carbonyl (C=O) groups is 2. The molecule has 1 aromatic carbocycles. The number of rotatable bonds is 2. The molecule has 0 aromatic heterocycles. The summed E-state index contributed by atoms with van der Waals surface area (Å²) in [5.41, 5.74) is -0.196. The number of amides is 2. The number of nitrogens with one attached hydrogen (secondary N) is 1. The highest BCUT2D eigenvalue weighted by molar-refractivity contribution is 6.00. The standard InChI is InChI=1S/C13H15FN2O4/c14-9-2-3-11(10(8-9)12(17)18)15-13(19)16-4-1-6-20-7-5-16/h2-3,8H,1,4-7H2,(H,15,19)(H,17,18). The monoisotopic (exact) mass is 282 g/mol. The van der Waals surface area contributed by atoms with Gasteiger partial charge < -0.3 is 20.1 Å². The van der Waals surface area contributed by atoms with Crippen molar-refractivity contribution in [2.75, 3.05) is 31.6 Å². The molecule has 0 saturated carbocycles. The van der Waals surface area contributed by atoms with E-state index in [9.17, 15) is 14.0 Å². The lowest BCUT2D eigenvalue weighted by atomic mass is 10.1. The molecule has 7 heteroatoms. The lowest BCUT2D eigenvalue weighted by Gasteiger charge is -2.20. The van der Waals surface area contributed by atoms with Gasteiger partial charge in [0, 0.05) is 19.7 Å². The molecule has 2 amide bonds. The van der Waals surface area contributed by atoms with Gasteiger partial charge in [-0.3, -0.25) is 0 Å². The molecule has 0 radical (unpaired) electrons. The Morgan fingerprint density at radius 1 is 1.30 bits per heavy atom. The molecule has 1 aromatic rings. The first kappa shape index (κ1) is 14.3. The van der Waals surface area contributed by atoms with E-state index in [2.05, 4.69) is 5.32 Å². The Kier molecular flexibility index (Phi) is 4.52. The molecule has 6 nitrogen and oxygen atoms in total. The van der Waals surface area contributed by atoms with Gasteiger partial charge in [-0.25, -0.2) is 14.0 Å². The van der Waals surface area contributed by atoms with E-state index in [1.54, 1.807) is 4.90 Å². The maximum atomic E-state index is 13.1. The summed E-state index contributed by atoms with van der Waals surface area (Å²) in [5.74, 6) is -1.96. The van der Waals surface area contributed by atoms with Gasteiger partial charge in [0.2, 0.25) is 0 Å². The van der Waals surface area contributed by atoms with E-state index in [-0.39, 0.29) is 11.3 Å². The van der Waals surface area contributed by atoms with Crippen molar-refractivity contribution >= 4 is 17.7 Å². The van der Waals surface area contributed by atoms with Crippen LogP contribution in [-0.4, -0.2) is 48.3 Å². The van der Waals surface area contributed by atoms with Crippen LogP contribution in [0.25, 0.3) is 0 Å². The number of nitrogens with zero attached hydrogens (tertiary/aromatic N) is 1.